The smallest absolute Gasteiger partial charge is 0.279 e. The lowest BCUT2D eigenvalue weighted by molar-refractivity contribution is -0.682. The highest BCUT2D eigenvalue weighted by atomic mass is 35.5. The number of quaternary nitrogens is 1. The minimum Gasteiger partial charge on any atom is -0.332 e. The Hall–Kier alpha value is -2.84. The Kier molecular flexibility index (Phi) is 5.78. The van der Waals surface area contributed by atoms with E-state index in [1.54, 1.807) is 30.4 Å². The predicted molar refractivity (Wildman–Crippen MR) is 96.6 cm³/mol. The number of halogens is 3. The number of amides is 1. The van der Waals surface area contributed by atoms with Crippen molar-refractivity contribution in [2.24, 2.45) is 0 Å². The van der Waals surface area contributed by atoms with E-state index in [1.165, 1.54) is 29.5 Å². The highest BCUT2D eigenvalue weighted by Crippen LogP contribution is 2.23. The van der Waals surface area contributed by atoms with E-state index in [-0.39, 0.29) is 18.5 Å². The Bertz CT molecular complexity index is 949. The first-order valence-corrected chi connectivity index (χ1v) is 8.54. The van der Waals surface area contributed by atoms with Crippen LogP contribution in [0.15, 0.2) is 49.1 Å². The minimum absolute atomic E-state index is 0.0429. The number of carbonyl (C=O) groups excluding carboxylic acids is 1. The van der Waals surface area contributed by atoms with Crippen molar-refractivity contribution < 1.29 is 18.9 Å². The molecule has 27 heavy (non-hydrogen) atoms. The molecular weight excluding hydrogens is 376 g/mol. The van der Waals surface area contributed by atoms with E-state index in [0.717, 1.165) is 6.07 Å². The molecule has 0 bridgehead atoms. The van der Waals surface area contributed by atoms with Crippen molar-refractivity contribution in [1.82, 2.24) is 14.8 Å². The van der Waals surface area contributed by atoms with Gasteiger partial charge in [0.1, 0.15) is 30.3 Å². The monoisotopic (exact) mass is 392 g/mol. The first-order chi connectivity index (χ1) is 12.9. The number of anilines is 1. The number of rotatable bonds is 6. The normalized spacial score (nSPS) is 12.0. The van der Waals surface area contributed by atoms with Crippen molar-refractivity contribution in [2.45, 2.75) is 13.0 Å². The van der Waals surface area contributed by atoms with Crippen LogP contribution in [0, 0.1) is 11.6 Å². The lowest BCUT2D eigenvalue weighted by atomic mass is 10.1. The molecule has 2 aromatic carbocycles. The Balaban J connectivity index is 1.67. The Morgan fingerprint density at radius 2 is 2.11 bits per heavy atom. The van der Waals surface area contributed by atoms with Crippen molar-refractivity contribution in [3.05, 3.63) is 71.3 Å². The fourth-order valence-corrected chi connectivity index (χ4v) is 2.80. The van der Waals surface area contributed by atoms with Gasteiger partial charge in [0.05, 0.1) is 11.4 Å². The molecule has 0 aliphatic carbocycles. The molecule has 1 aromatic heterocycles. The van der Waals surface area contributed by atoms with E-state index < -0.39 is 11.6 Å². The van der Waals surface area contributed by atoms with Gasteiger partial charge >= 0.3 is 0 Å². The summed E-state index contributed by atoms with van der Waals surface area (Å²) >= 11 is 6.02. The fourth-order valence-electron chi connectivity index (χ4n) is 2.62. The molecule has 1 amide bonds. The maximum Gasteiger partial charge on any atom is 0.279 e. The maximum atomic E-state index is 13.8. The van der Waals surface area contributed by atoms with Gasteiger partial charge < -0.3 is 10.6 Å². The Morgan fingerprint density at radius 3 is 2.81 bits per heavy atom. The number of nitrogens with two attached hydrogens (primary N) is 1. The third kappa shape index (κ3) is 4.66. The van der Waals surface area contributed by atoms with Gasteiger partial charge in [-0.2, -0.15) is 5.10 Å². The van der Waals surface area contributed by atoms with Crippen molar-refractivity contribution in [3.8, 4) is 5.69 Å². The topological polar surface area (TPSA) is 76.4 Å². The summed E-state index contributed by atoms with van der Waals surface area (Å²) in [7, 11) is 0. The van der Waals surface area contributed by atoms with Gasteiger partial charge in [-0.25, -0.2) is 18.4 Å². The van der Waals surface area contributed by atoms with Crippen LogP contribution in [0.1, 0.15) is 18.5 Å². The quantitative estimate of drug-likeness (QED) is 0.676. The van der Waals surface area contributed by atoms with Crippen LogP contribution in [-0.4, -0.2) is 27.2 Å². The van der Waals surface area contributed by atoms with Gasteiger partial charge in [-0.1, -0.05) is 11.6 Å². The van der Waals surface area contributed by atoms with Gasteiger partial charge in [-0.3, -0.25) is 4.79 Å². The number of carbonyl (C=O) groups is 1. The molecule has 3 N–H and O–H groups in total. The van der Waals surface area contributed by atoms with Crippen LogP contribution in [0.25, 0.3) is 5.69 Å². The average molecular weight is 393 g/mol. The van der Waals surface area contributed by atoms with E-state index >= 15 is 0 Å². The molecule has 3 rings (SSSR count). The first-order valence-electron chi connectivity index (χ1n) is 8.16. The minimum atomic E-state index is -0.637. The molecular formula is C18H17ClF2N5O+. The van der Waals surface area contributed by atoms with Gasteiger partial charge in [0, 0.05) is 16.7 Å². The zero-order chi connectivity index (χ0) is 19.4. The highest BCUT2D eigenvalue weighted by molar-refractivity contribution is 6.31. The van der Waals surface area contributed by atoms with Crippen LogP contribution in [0.5, 0.6) is 0 Å². The molecule has 0 saturated carbocycles. The largest absolute Gasteiger partial charge is 0.332 e. The van der Waals surface area contributed by atoms with E-state index in [1.807, 2.05) is 0 Å². The fraction of sp³-hybridized carbons (Fsp3) is 0.167. The third-order valence-electron chi connectivity index (χ3n) is 4.01. The summed E-state index contributed by atoms with van der Waals surface area (Å²) in [6.07, 6.45) is 2.89. The molecule has 0 aliphatic rings. The molecule has 0 radical (unpaired) electrons. The summed E-state index contributed by atoms with van der Waals surface area (Å²) < 4.78 is 28.4. The SMILES string of the molecule is C[C@H]([NH2+]CC(=O)Nc1cc(Cl)ccc1-n1cncn1)c1ccc(F)cc1F. The van der Waals surface area contributed by atoms with Crippen LogP contribution >= 0.6 is 11.6 Å². The van der Waals surface area contributed by atoms with Gasteiger partial charge in [-0.15, -0.1) is 0 Å². The first kappa shape index (κ1) is 18.9. The van der Waals surface area contributed by atoms with Crippen LogP contribution in [0.4, 0.5) is 14.5 Å². The van der Waals surface area contributed by atoms with Crippen LogP contribution in [0.2, 0.25) is 5.02 Å². The molecule has 9 heteroatoms. The predicted octanol–water partition coefficient (Wildman–Crippen LogP) is 2.46. The van der Waals surface area contributed by atoms with Gasteiger partial charge in [0.25, 0.3) is 5.91 Å². The molecule has 3 aromatic rings. The summed E-state index contributed by atoms with van der Waals surface area (Å²) in [4.78, 5) is 16.2. The second-order valence-electron chi connectivity index (χ2n) is 5.94. The Morgan fingerprint density at radius 1 is 1.30 bits per heavy atom. The summed E-state index contributed by atoms with van der Waals surface area (Å²) in [5, 5.41) is 8.94. The maximum absolute atomic E-state index is 13.8. The summed E-state index contributed by atoms with van der Waals surface area (Å²) in [6, 6.07) is 8.05. The van der Waals surface area contributed by atoms with Crippen molar-refractivity contribution >= 4 is 23.2 Å². The average Bonchev–Trinajstić information content (AvgIpc) is 3.14. The zero-order valence-electron chi connectivity index (χ0n) is 14.4. The number of aromatic nitrogens is 3. The molecule has 140 valence electrons. The van der Waals surface area contributed by atoms with Gasteiger partial charge in [-0.05, 0) is 37.3 Å². The number of hydrogen-bond acceptors (Lipinski definition) is 3. The van der Waals surface area contributed by atoms with E-state index in [0.29, 0.717) is 22.0 Å². The second-order valence-corrected chi connectivity index (χ2v) is 6.38. The van der Waals surface area contributed by atoms with Gasteiger partial charge in [0.2, 0.25) is 0 Å². The summed E-state index contributed by atoms with van der Waals surface area (Å²) in [5.74, 6) is -1.57. The molecule has 0 spiro atoms. The van der Waals surface area contributed by atoms with Gasteiger partial charge in [0.15, 0.2) is 6.54 Å². The van der Waals surface area contributed by atoms with Crippen LogP contribution in [-0.2, 0) is 4.79 Å². The lowest BCUT2D eigenvalue weighted by Crippen LogP contribution is -2.86. The van der Waals surface area contributed by atoms with Crippen LogP contribution in [0.3, 0.4) is 0 Å². The number of nitrogens with one attached hydrogen (secondary N) is 1. The molecule has 0 aliphatic heterocycles. The molecule has 6 nitrogen and oxygen atoms in total. The van der Waals surface area contributed by atoms with Crippen molar-refractivity contribution in [2.75, 3.05) is 11.9 Å². The van der Waals surface area contributed by atoms with E-state index in [9.17, 15) is 13.6 Å². The number of benzene rings is 2. The van der Waals surface area contributed by atoms with E-state index in [4.69, 9.17) is 11.6 Å². The molecule has 1 atom stereocenters. The summed E-state index contributed by atoms with van der Waals surface area (Å²) in [5.41, 5.74) is 1.42. The lowest BCUT2D eigenvalue weighted by Gasteiger charge is -2.14. The molecule has 0 unspecified atom stereocenters. The Labute approximate surface area is 159 Å². The van der Waals surface area contributed by atoms with Crippen molar-refractivity contribution in [1.29, 1.82) is 0 Å². The summed E-state index contributed by atoms with van der Waals surface area (Å²) in [6.45, 7) is 1.78. The number of hydrogen-bond donors (Lipinski definition) is 2. The molecule has 0 saturated heterocycles. The standard InChI is InChI=1S/C18H16ClF2N5O/c1-11(14-4-3-13(20)7-15(14)21)23-8-18(27)25-16-6-12(19)2-5-17(16)26-10-22-9-24-26/h2-7,9-11,23H,8H2,1H3,(H,25,27)/p+1/t11-/m0/s1. The van der Waals surface area contributed by atoms with Crippen LogP contribution < -0.4 is 10.6 Å². The molecule has 0 fully saturated rings. The van der Waals surface area contributed by atoms with E-state index in [2.05, 4.69) is 15.4 Å². The second kappa shape index (κ2) is 8.24. The highest BCUT2D eigenvalue weighted by Gasteiger charge is 2.17. The third-order valence-corrected chi connectivity index (χ3v) is 4.24. The zero-order valence-corrected chi connectivity index (χ0v) is 15.1. The number of nitrogens with zero attached hydrogens (tertiary/aromatic N) is 3. The van der Waals surface area contributed by atoms with Crippen molar-refractivity contribution in [3.63, 3.8) is 0 Å². The molecule has 1 heterocycles.